The fourth-order valence-corrected chi connectivity index (χ4v) is 6.47. The summed E-state index contributed by atoms with van der Waals surface area (Å²) in [4.78, 5) is 46.5. The van der Waals surface area contributed by atoms with E-state index >= 15 is 0 Å². The van der Waals surface area contributed by atoms with Gasteiger partial charge in [0.05, 0.1) is 29.5 Å². The van der Waals surface area contributed by atoms with Gasteiger partial charge in [-0.15, -0.1) is 0 Å². The highest BCUT2D eigenvalue weighted by Gasteiger charge is 2.36. The number of aromatic nitrogens is 1. The van der Waals surface area contributed by atoms with E-state index in [0.29, 0.717) is 33.2 Å². The van der Waals surface area contributed by atoms with Gasteiger partial charge < -0.3 is 10.1 Å². The van der Waals surface area contributed by atoms with E-state index in [-0.39, 0.29) is 28.2 Å². The van der Waals surface area contributed by atoms with Crippen LogP contribution in [0.1, 0.15) is 60.5 Å². The molecule has 1 atom stereocenters. The molecule has 0 aliphatic carbocycles. The monoisotopic (exact) mass is 563 g/mol. The van der Waals surface area contributed by atoms with Gasteiger partial charge in [0.25, 0.3) is 11.5 Å². The minimum absolute atomic E-state index is 0.175. The Kier molecular flexibility index (Phi) is 6.79. The molecule has 41 heavy (non-hydrogen) atoms. The first-order valence-electron chi connectivity index (χ1n) is 13.6. The van der Waals surface area contributed by atoms with Crippen molar-refractivity contribution >= 4 is 40.2 Å². The number of benzene rings is 3. The van der Waals surface area contributed by atoms with Gasteiger partial charge in [0, 0.05) is 16.8 Å². The highest BCUT2D eigenvalue weighted by molar-refractivity contribution is 7.07. The molecule has 0 bridgehead atoms. The number of thiazole rings is 1. The van der Waals surface area contributed by atoms with Crippen LogP contribution in [0, 0.1) is 6.92 Å². The highest BCUT2D eigenvalue weighted by atomic mass is 32.1. The maximum atomic E-state index is 14.3. The van der Waals surface area contributed by atoms with E-state index in [9.17, 15) is 14.4 Å². The van der Waals surface area contributed by atoms with E-state index in [2.05, 4.69) is 19.2 Å². The number of hydrogen-bond acceptors (Lipinski definition) is 6. The number of hydrogen-bond donors (Lipinski definition) is 1. The maximum absolute atomic E-state index is 14.3. The molecule has 1 aromatic heterocycles. The van der Waals surface area contributed by atoms with Crippen LogP contribution in [0.15, 0.2) is 88.2 Å². The Morgan fingerprint density at radius 3 is 2.46 bits per heavy atom. The second-order valence-electron chi connectivity index (χ2n) is 10.5. The van der Waals surface area contributed by atoms with Crippen molar-refractivity contribution in [1.82, 2.24) is 4.57 Å². The Balaban J connectivity index is 1.70. The summed E-state index contributed by atoms with van der Waals surface area (Å²) in [6, 6.07) is 22.3. The lowest BCUT2D eigenvalue weighted by Crippen LogP contribution is -2.40. The molecular weight excluding hydrogens is 534 g/mol. The summed E-state index contributed by atoms with van der Waals surface area (Å²) in [7, 11) is 0. The standard InChI is InChI=1S/C33H29N3O4S/c1-5-40-32(39)26-27(21-9-7-6-8-10-21)35-33-36(28(26)22-14-12-20(13-15-22)18(2)3)31(38)29(41-33)25-23-17-19(4)11-16-24(23)34-30(25)37/h6-18,28H,5H2,1-4H3,(H,34,37)/b29-25-/t28-/m1/s1. The Morgan fingerprint density at radius 2 is 1.78 bits per heavy atom. The van der Waals surface area contributed by atoms with Gasteiger partial charge >= 0.3 is 5.97 Å². The van der Waals surface area contributed by atoms with Crippen molar-refractivity contribution in [3.8, 4) is 0 Å². The number of amides is 1. The average Bonchev–Trinajstić information content (AvgIpc) is 3.47. The predicted octanol–water partition coefficient (Wildman–Crippen LogP) is 4.69. The molecule has 3 heterocycles. The summed E-state index contributed by atoms with van der Waals surface area (Å²) < 4.78 is 7.37. The zero-order valence-electron chi connectivity index (χ0n) is 23.2. The number of ether oxygens (including phenoxy) is 1. The van der Waals surface area contributed by atoms with Crippen molar-refractivity contribution in [3.63, 3.8) is 0 Å². The van der Waals surface area contributed by atoms with Crippen LogP contribution >= 0.6 is 11.3 Å². The molecule has 1 N–H and O–H groups in total. The molecule has 0 saturated heterocycles. The molecule has 206 valence electrons. The third kappa shape index (κ3) is 4.54. The predicted molar refractivity (Wildman–Crippen MR) is 160 cm³/mol. The number of carbonyl (C=O) groups excluding carboxylic acids is 2. The van der Waals surface area contributed by atoms with E-state index in [0.717, 1.165) is 33.6 Å². The van der Waals surface area contributed by atoms with Crippen LogP contribution in [0.25, 0.3) is 11.3 Å². The molecule has 0 radical (unpaired) electrons. The van der Waals surface area contributed by atoms with Crippen LogP contribution in [0.2, 0.25) is 0 Å². The molecule has 4 aromatic rings. The van der Waals surface area contributed by atoms with E-state index in [4.69, 9.17) is 9.73 Å². The minimum atomic E-state index is -0.794. The molecule has 6 rings (SSSR count). The molecule has 3 aromatic carbocycles. The first kappa shape index (κ1) is 26.7. The first-order valence-corrected chi connectivity index (χ1v) is 14.4. The second-order valence-corrected chi connectivity index (χ2v) is 11.4. The molecule has 0 fully saturated rings. The number of nitrogens with one attached hydrogen (secondary N) is 1. The van der Waals surface area contributed by atoms with Crippen molar-refractivity contribution in [3.05, 3.63) is 126 Å². The van der Waals surface area contributed by atoms with Crippen molar-refractivity contribution in [2.45, 2.75) is 39.7 Å². The largest absolute Gasteiger partial charge is 0.463 e. The van der Waals surface area contributed by atoms with Gasteiger partial charge in [-0.3, -0.25) is 14.2 Å². The number of anilines is 1. The summed E-state index contributed by atoms with van der Waals surface area (Å²) >= 11 is 1.16. The second kappa shape index (κ2) is 10.4. The van der Waals surface area contributed by atoms with Crippen LogP contribution in [0.4, 0.5) is 5.69 Å². The molecule has 1 amide bonds. The Labute approximate surface area is 241 Å². The fourth-order valence-electron chi connectivity index (χ4n) is 5.38. The van der Waals surface area contributed by atoms with Crippen molar-refractivity contribution < 1.29 is 14.3 Å². The zero-order chi connectivity index (χ0) is 28.8. The number of esters is 1. The number of aryl methyl sites for hydroxylation is 1. The van der Waals surface area contributed by atoms with Gasteiger partial charge in [-0.2, -0.15) is 0 Å². The summed E-state index contributed by atoms with van der Waals surface area (Å²) in [6.07, 6.45) is 0. The molecule has 8 heteroatoms. The normalized spacial score (nSPS) is 17.2. The smallest absolute Gasteiger partial charge is 0.338 e. The Hall–Kier alpha value is -4.56. The zero-order valence-corrected chi connectivity index (χ0v) is 24.0. The number of nitrogens with zero attached hydrogens (tertiary/aromatic N) is 2. The Bertz CT molecular complexity index is 1920. The molecule has 7 nitrogen and oxygen atoms in total. The molecule has 0 saturated carbocycles. The molecule has 2 aliphatic heterocycles. The summed E-state index contributed by atoms with van der Waals surface area (Å²) in [6.45, 7) is 8.10. The summed E-state index contributed by atoms with van der Waals surface area (Å²) in [5, 5.41) is 2.89. The van der Waals surface area contributed by atoms with Crippen LogP contribution in [-0.2, 0) is 14.3 Å². The quantitative estimate of drug-likeness (QED) is 0.357. The number of carbonyl (C=O) groups is 2. The number of rotatable bonds is 5. The van der Waals surface area contributed by atoms with Crippen LogP contribution in [-0.4, -0.2) is 23.1 Å². The van der Waals surface area contributed by atoms with E-state index in [1.165, 1.54) is 4.57 Å². The average molecular weight is 564 g/mol. The van der Waals surface area contributed by atoms with Crippen LogP contribution in [0.5, 0.6) is 0 Å². The lowest BCUT2D eigenvalue weighted by molar-refractivity contribution is -0.138. The van der Waals surface area contributed by atoms with Gasteiger partial charge in [0.15, 0.2) is 4.80 Å². The summed E-state index contributed by atoms with van der Waals surface area (Å²) in [5.41, 5.74) is 5.64. The van der Waals surface area contributed by atoms with Crippen molar-refractivity contribution in [2.24, 2.45) is 4.99 Å². The van der Waals surface area contributed by atoms with E-state index in [1.807, 2.05) is 79.7 Å². The van der Waals surface area contributed by atoms with Crippen molar-refractivity contribution in [1.29, 1.82) is 0 Å². The maximum Gasteiger partial charge on any atom is 0.338 e. The van der Waals surface area contributed by atoms with Crippen molar-refractivity contribution in [2.75, 3.05) is 11.9 Å². The van der Waals surface area contributed by atoms with Gasteiger partial charge in [0.2, 0.25) is 0 Å². The van der Waals surface area contributed by atoms with Gasteiger partial charge in [-0.1, -0.05) is 91.4 Å². The summed E-state index contributed by atoms with van der Waals surface area (Å²) in [5.74, 6) is -0.552. The molecule has 0 unspecified atom stereocenters. The van der Waals surface area contributed by atoms with Crippen LogP contribution < -0.4 is 20.2 Å². The topological polar surface area (TPSA) is 89.8 Å². The van der Waals surface area contributed by atoms with Gasteiger partial charge in [-0.25, -0.2) is 9.79 Å². The molecule has 0 spiro atoms. The lowest BCUT2D eigenvalue weighted by Gasteiger charge is -2.26. The first-order chi connectivity index (χ1) is 19.8. The lowest BCUT2D eigenvalue weighted by atomic mass is 9.91. The molecule has 2 aliphatic rings. The number of fused-ring (bicyclic) bond motifs is 2. The third-order valence-corrected chi connectivity index (χ3v) is 8.47. The fraction of sp³-hybridized carbons (Fsp3) is 0.212. The minimum Gasteiger partial charge on any atom is -0.463 e. The van der Waals surface area contributed by atoms with Gasteiger partial charge in [0.1, 0.15) is 4.53 Å². The van der Waals surface area contributed by atoms with Crippen LogP contribution in [0.3, 0.4) is 0 Å². The Morgan fingerprint density at radius 1 is 1.05 bits per heavy atom. The van der Waals surface area contributed by atoms with Gasteiger partial charge in [-0.05, 0) is 43.0 Å². The SMILES string of the molecule is CCOC(=O)C1=C(c2ccccc2)N=c2s/c(=C3\C(=O)Nc4ccc(C)cc43)c(=O)n2[C@@H]1c1ccc(C(C)C)cc1. The third-order valence-electron chi connectivity index (χ3n) is 7.41. The highest BCUT2D eigenvalue weighted by Crippen LogP contribution is 2.36. The van der Waals surface area contributed by atoms with E-state index < -0.39 is 12.0 Å². The van der Waals surface area contributed by atoms with E-state index in [1.54, 1.807) is 6.92 Å². The molecular formula is C33H29N3O4S.